The molecule has 3 heterocycles. The summed E-state index contributed by atoms with van der Waals surface area (Å²) in [6, 6.07) is 5.15. The Kier molecular flexibility index (Phi) is 5.18. The fourth-order valence-electron chi connectivity index (χ4n) is 2.85. The highest BCUT2D eigenvalue weighted by Crippen LogP contribution is 2.33. The summed E-state index contributed by atoms with van der Waals surface area (Å²) in [6.45, 7) is 1.83. The highest BCUT2D eigenvalue weighted by Gasteiger charge is 2.15. The van der Waals surface area contributed by atoms with Crippen molar-refractivity contribution in [2.24, 2.45) is 0 Å². The number of thiazole rings is 1. The molecule has 4 rings (SSSR count). The minimum atomic E-state index is -3.53. The zero-order valence-corrected chi connectivity index (χ0v) is 18.1. The zero-order valence-electron chi connectivity index (χ0n) is 15.7. The number of halogens is 1. The molecule has 4 aromatic rings. The number of aromatic nitrogens is 4. The SMILES string of the molecule is Cc1nc(C(=O)Nc2cc(-c3cnc(Cl)c(NS(C)(=O)=O)c3)cc3[nH]ncc23)cs1. The van der Waals surface area contributed by atoms with Gasteiger partial charge in [0.05, 0.1) is 34.4 Å². The van der Waals surface area contributed by atoms with Gasteiger partial charge in [-0.05, 0) is 30.7 Å². The van der Waals surface area contributed by atoms with E-state index in [0.717, 1.165) is 16.6 Å². The summed E-state index contributed by atoms with van der Waals surface area (Å²) in [7, 11) is -3.53. The van der Waals surface area contributed by atoms with E-state index in [1.807, 2.05) is 13.0 Å². The predicted molar refractivity (Wildman–Crippen MR) is 118 cm³/mol. The van der Waals surface area contributed by atoms with Crippen molar-refractivity contribution in [2.75, 3.05) is 16.3 Å². The van der Waals surface area contributed by atoms with Gasteiger partial charge in [-0.1, -0.05) is 11.6 Å². The van der Waals surface area contributed by atoms with Gasteiger partial charge < -0.3 is 5.32 Å². The van der Waals surface area contributed by atoms with Gasteiger partial charge in [-0.3, -0.25) is 14.6 Å². The molecule has 1 amide bonds. The van der Waals surface area contributed by atoms with E-state index >= 15 is 0 Å². The largest absolute Gasteiger partial charge is 0.320 e. The van der Waals surface area contributed by atoms with E-state index in [1.165, 1.54) is 17.5 Å². The van der Waals surface area contributed by atoms with Crippen LogP contribution in [0.5, 0.6) is 0 Å². The van der Waals surface area contributed by atoms with Gasteiger partial charge in [0.1, 0.15) is 5.69 Å². The number of hydrogen-bond acceptors (Lipinski definition) is 7. The molecule has 0 aliphatic carbocycles. The average Bonchev–Trinajstić information content (AvgIpc) is 3.31. The van der Waals surface area contributed by atoms with Crippen LogP contribution in [-0.4, -0.2) is 40.7 Å². The minimum Gasteiger partial charge on any atom is -0.320 e. The average molecular weight is 463 g/mol. The number of benzene rings is 1. The topological polar surface area (TPSA) is 130 Å². The molecule has 9 nitrogen and oxygen atoms in total. The van der Waals surface area contributed by atoms with Crippen molar-refractivity contribution < 1.29 is 13.2 Å². The fourth-order valence-corrected chi connectivity index (χ4v) is 4.21. The van der Waals surface area contributed by atoms with Crippen molar-refractivity contribution in [3.05, 3.63) is 51.8 Å². The summed E-state index contributed by atoms with van der Waals surface area (Å²) in [5.41, 5.74) is 2.97. The first-order chi connectivity index (χ1) is 14.2. The van der Waals surface area contributed by atoms with Gasteiger partial charge in [-0.2, -0.15) is 5.10 Å². The van der Waals surface area contributed by atoms with E-state index in [2.05, 4.69) is 30.2 Å². The second-order valence-electron chi connectivity index (χ2n) is 6.50. The Morgan fingerprint density at radius 2 is 1.93 bits per heavy atom. The van der Waals surface area contributed by atoms with Gasteiger partial charge in [0.25, 0.3) is 5.91 Å². The van der Waals surface area contributed by atoms with Crippen molar-refractivity contribution in [1.82, 2.24) is 20.2 Å². The second-order valence-corrected chi connectivity index (χ2v) is 9.67. The van der Waals surface area contributed by atoms with Crippen molar-refractivity contribution in [1.29, 1.82) is 0 Å². The number of fused-ring (bicyclic) bond motifs is 1. The molecule has 30 heavy (non-hydrogen) atoms. The monoisotopic (exact) mass is 462 g/mol. The Bertz CT molecular complexity index is 1380. The van der Waals surface area contributed by atoms with Crippen LogP contribution in [0.1, 0.15) is 15.5 Å². The number of anilines is 2. The molecule has 0 saturated carbocycles. The van der Waals surface area contributed by atoms with Crippen molar-refractivity contribution in [3.63, 3.8) is 0 Å². The molecule has 0 radical (unpaired) electrons. The minimum absolute atomic E-state index is 0.0271. The quantitative estimate of drug-likeness (QED) is 0.388. The molecule has 3 aromatic heterocycles. The maximum absolute atomic E-state index is 12.6. The Hall–Kier alpha value is -3.02. The van der Waals surface area contributed by atoms with Crippen LogP contribution in [-0.2, 0) is 10.0 Å². The van der Waals surface area contributed by atoms with Gasteiger partial charge in [0.2, 0.25) is 10.0 Å². The number of rotatable bonds is 5. The smallest absolute Gasteiger partial charge is 0.275 e. The third-order valence-corrected chi connectivity index (χ3v) is 5.79. The number of aryl methyl sites for hydroxylation is 1. The second kappa shape index (κ2) is 7.67. The van der Waals surface area contributed by atoms with Crippen molar-refractivity contribution >= 4 is 61.1 Å². The Labute approximate surface area is 180 Å². The first-order valence-corrected chi connectivity index (χ1v) is 11.7. The fraction of sp³-hybridized carbons (Fsp3) is 0.111. The molecule has 3 N–H and O–H groups in total. The normalized spacial score (nSPS) is 11.6. The molecule has 0 atom stereocenters. The standard InChI is InChI=1S/C18H15ClN6O3S2/c1-9-22-16(8-29-9)18(26)23-13-3-10(4-14-12(13)7-21-24-14)11-5-15(17(19)20-6-11)25-30(2,27)28/h3-8,25H,1-2H3,(H,21,24)(H,23,26). The summed E-state index contributed by atoms with van der Waals surface area (Å²) in [6.07, 6.45) is 4.15. The van der Waals surface area contributed by atoms with Crippen LogP contribution >= 0.6 is 22.9 Å². The van der Waals surface area contributed by atoms with Crippen LogP contribution in [0.2, 0.25) is 5.15 Å². The van der Waals surface area contributed by atoms with Crippen LogP contribution in [0.25, 0.3) is 22.0 Å². The third kappa shape index (κ3) is 4.27. The summed E-state index contributed by atoms with van der Waals surface area (Å²) in [5, 5.41) is 13.0. The number of hydrogen-bond donors (Lipinski definition) is 3. The number of nitrogens with one attached hydrogen (secondary N) is 3. The Balaban J connectivity index is 1.76. The summed E-state index contributed by atoms with van der Waals surface area (Å²) < 4.78 is 25.5. The molecule has 0 bridgehead atoms. The highest BCUT2D eigenvalue weighted by atomic mass is 35.5. The van der Waals surface area contributed by atoms with Crippen LogP contribution in [0, 0.1) is 6.92 Å². The summed E-state index contributed by atoms with van der Waals surface area (Å²) >= 11 is 7.41. The lowest BCUT2D eigenvalue weighted by Crippen LogP contribution is -2.12. The Morgan fingerprint density at radius 3 is 2.63 bits per heavy atom. The third-order valence-electron chi connectivity index (χ3n) is 4.13. The number of H-pyrrole nitrogens is 1. The molecule has 154 valence electrons. The number of pyridine rings is 1. The first kappa shape index (κ1) is 20.3. The number of carbonyl (C=O) groups excluding carboxylic acids is 1. The molecular formula is C18H15ClN6O3S2. The van der Waals surface area contributed by atoms with E-state index in [9.17, 15) is 13.2 Å². The molecule has 0 saturated heterocycles. The molecule has 0 aliphatic heterocycles. The number of sulfonamides is 1. The van der Waals surface area contributed by atoms with Gasteiger partial charge in [-0.15, -0.1) is 11.3 Å². The van der Waals surface area contributed by atoms with Gasteiger partial charge in [0, 0.05) is 22.5 Å². The summed E-state index contributed by atoms with van der Waals surface area (Å²) in [5.74, 6) is -0.340. The lowest BCUT2D eigenvalue weighted by atomic mass is 10.0. The highest BCUT2D eigenvalue weighted by molar-refractivity contribution is 7.92. The van der Waals surface area contributed by atoms with Crippen LogP contribution in [0.3, 0.4) is 0 Å². The zero-order chi connectivity index (χ0) is 21.5. The van der Waals surface area contributed by atoms with Gasteiger partial charge in [-0.25, -0.2) is 18.4 Å². The lowest BCUT2D eigenvalue weighted by Gasteiger charge is -2.11. The van der Waals surface area contributed by atoms with Crippen LogP contribution in [0.15, 0.2) is 36.0 Å². The van der Waals surface area contributed by atoms with Crippen molar-refractivity contribution in [2.45, 2.75) is 6.92 Å². The van der Waals surface area contributed by atoms with E-state index in [1.54, 1.807) is 23.7 Å². The number of amides is 1. The van der Waals surface area contributed by atoms with Gasteiger partial charge >= 0.3 is 0 Å². The molecular weight excluding hydrogens is 448 g/mol. The van der Waals surface area contributed by atoms with Crippen LogP contribution in [0.4, 0.5) is 11.4 Å². The molecule has 0 spiro atoms. The number of nitrogens with zero attached hydrogens (tertiary/aromatic N) is 3. The predicted octanol–water partition coefficient (Wildman–Crippen LogP) is 3.67. The van der Waals surface area contributed by atoms with E-state index in [-0.39, 0.29) is 16.7 Å². The summed E-state index contributed by atoms with van der Waals surface area (Å²) in [4.78, 5) is 20.9. The maximum atomic E-state index is 12.6. The van der Waals surface area contributed by atoms with Crippen molar-refractivity contribution in [3.8, 4) is 11.1 Å². The Morgan fingerprint density at radius 1 is 1.17 bits per heavy atom. The number of aromatic amines is 1. The number of carbonyl (C=O) groups is 1. The first-order valence-electron chi connectivity index (χ1n) is 8.54. The molecule has 0 fully saturated rings. The molecule has 1 aromatic carbocycles. The van der Waals surface area contributed by atoms with E-state index < -0.39 is 10.0 Å². The molecule has 0 aliphatic rings. The maximum Gasteiger partial charge on any atom is 0.275 e. The lowest BCUT2D eigenvalue weighted by molar-refractivity contribution is 0.102. The van der Waals surface area contributed by atoms with E-state index in [0.29, 0.717) is 28.0 Å². The molecule has 0 unspecified atom stereocenters. The molecule has 12 heteroatoms. The van der Waals surface area contributed by atoms with Gasteiger partial charge in [0.15, 0.2) is 5.15 Å². The van der Waals surface area contributed by atoms with E-state index in [4.69, 9.17) is 11.6 Å². The van der Waals surface area contributed by atoms with Crippen LogP contribution < -0.4 is 10.0 Å².